The molecule has 0 spiro atoms. The van der Waals surface area contributed by atoms with E-state index in [1.807, 2.05) is 65.0 Å². The van der Waals surface area contributed by atoms with Gasteiger partial charge in [-0.25, -0.2) is 4.79 Å². The molecule has 1 unspecified atom stereocenters. The van der Waals surface area contributed by atoms with E-state index in [4.69, 9.17) is 4.74 Å². The molecule has 1 N–H and O–H groups in total. The topological polar surface area (TPSA) is 55.4 Å². The van der Waals surface area contributed by atoms with E-state index in [0.717, 1.165) is 5.56 Å². The second kappa shape index (κ2) is 7.97. The van der Waals surface area contributed by atoms with Gasteiger partial charge in [-0.1, -0.05) is 44.2 Å². The third kappa shape index (κ3) is 6.74. The van der Waals surface area contributed by atoms with Crippen molar-refractivity contribution in [2.24, 2.45) is 5.92 Å². The molecule has 4 nitrogen and oxygen atoms in total. The first-order valence-electron chi connectivity index (χ1n) is 7.75. The standard InChI is InChI=1S/C18H27NO3/c1-13(2)16(17(21)22-18(3,4)5)19-15(20)12-11-14-9-7-6-8-10-14/h6-10,13,16H,11-12H2,1-5H3,(H,19,20). The zero-order valence-electron chi connectivity index (χ0n) is 14.2. The van der Waals surface area contributed by atoms with Crippen molar-refractivity contribution in [1.82, 2.24) is 5.32 Å². The molecule has 1 rings (SSSR count). The van der Waals surface area contributed by atoms with E-state index in [1.165, 1.54) is 0 Å². The van der Waals surface area contributed by atoms with Crippen LogP contribution in [-0.2, 0) is 20.7 Å². The normalized spacial score (nSPS) is 12.8. The minimum atomic E-state index is -0.609. The van der Waals surface area contributed by atoms with Gasteiger partial charge in [0.1, 0.15) is 11.6 Å². The van der Waals surface area contributed by atoms with Gasteiger partial charge in [0.05, 0.1) is 0 Å². The Morgan fingerprint density at radius 3 is 2.23 bits per heavy atom. The van der Waals surface area contributed by atoms with Crippen LogP contribution in [0.5, 0.6) is 0 Å². The molecule has 22 heavy (non-hydrogen) atoms. The van der Waals surface area contributed by atoms with Crippen LogP contribution in [0.25, 0.3) is 0 Å². The fourth-order valence-corrected chi connectivity index (χ4v) is 2.01. The lowest BCUT2D eigenvalue weighted by molar-refractivity contribution is -0.160. The molecular formula is C18H27NO3. The van der Waals surface area contributed by atoms with Crippen LogP contribution < -0.4 is 5.32 Å². The fourth-order valence-electron chi connectivity index (χ4n) is 2.01. The highest BCUT2D eigenvalue weighted by Gasteiger charge is 2.28. The minimum absolute atomic E-state index is 0.0180. The summed E-state index contributed by atoms with van der Waals surface area (Å²) in [5, 5.41) is 2.80. The van der Waals surface area contributed by atoms with Crippen molar-refractivity contribution >= 4 is 11.9 Å². The van der Waals surface area contributed by atoms with Crippen molar-refractivity contribution in [3.05, 3.63) is 35.9 Å². The summed E-state index contributed by atoms with van der Waals surface area (Å²) in [4.78, 5) is 24.3. The molecule has 0 aliphatic heterocycles. The summed E-state index contributed by atoms with van der Waals surface area (Å²) in [5.74, 6) is -0.528. The molecule has 4 heteroatoms. The molecule has 0 aliphatic rings. The molecule has 1 amide bonds. The number of esters is 1. The van der Waals surface area contributed by atoms with Gasteiger partial charge >= 0.3 is 5.97 Å². The van der Waals surface area contributed by atoms with Gasteiger partial charge in [0.2, 0.25) is 5.91 Å². The van der Waals surface area contributed by atoms with E-state index in [0.29, 0.717) is 12.8 Å². The summed E-state index contributed by atoms with van der Waals surface area (Å²) in [6.45, 7) is 9.25. The molecule has 0 saturated carbocycles. The van der Waals surface area contributed by atoms with Gasteiger partial charge in [-0.2, -0.15) is 0 Å². The molecule has 1 atom stereocenters. The Kier molecular flexibility index (Phi) is 6.60. The van der Waals surface area contributed by atoms with Gasteiger partial charge in [-0.3, -0.25) is 4.79 Å². The number of amides is 1. The Balaban J connectivity index is 2.55. The molecule has 0 aliphatic carbocycles. The third-order valence-electron chi connectivity index (χ3n) is 3.13. The lowest BCUT2D eigenvalue weighted by Gasteiger charge is -2.26. The maximum Gasteiger partial charge on any atom is 0.329 e. The SMILES string of the molecule is CC(C)C(NC(=O)CCc1ccccc1)C(=O)OC(C)(C)C. The number of rotatable bonds is 6. The summed E-state index contributed by atoms with van der Waals surface area (Å²) in [6, 6.07) is 9.21. The number of aryl methyl sites for hydroxylation is 1. The fraction of sp³-hybridized carbons (Fsp3) is 0.556. The number of hydrogen-bond donors (Lipinski definition) is 1. The quantitative estimate of drug-likeness (QED) is 0.822. The van der Waals surface area contributed by atoms with Crippen molar-refractivity contribution in [2.75, 3.05) is 0 Å². The molecule has 1 aromatic carbocycles. The van der Waals surface area contributed by atoms with Gasteiger partial charge < -0.3 is 10.1 Å². The molecule has 122 valence electrons. The monoisotopic (exact) mass is 305 g/mol. The first-order chi connectivity index (χ1) is 10.2. The average molecular weight is 305 g/mol. The smallest absolute Gasteiger partial charge is 0.329 e. The summed E-state index contributed by atoms with van der Waals surface area (Å²) in [7, 11) is 0. The number of benzene rings is 1. The van der Waals surface area contributed by atoms with Gasteiger partial charge in [0.15, 0.2) is 0 Å². The van der Waals surface area contributed by atoms with Gasteiger partial charge in [-0.15, -0.1) is 0 Å². The number of ether oxygens (including phenoxy) is 1. The van der Waals surface area contributed by atoms with E-state index in [2.05, 4.69) is 5.32 Å². The van der Waals surface area contributed by atoms with Crippen LogP contribution in [0.1, 0.15) is 46.6 Å². The molecule has 0 bridgehead atoms. The van der Waals surface area contributed by atoms with Gasteiger partial charge in [0, 0.05) is 6.42 Å². The Morgan fingerprint density at radius 1 is 1.14 bits per heavy atom. The number of hydrogen-bond acceptors (Lipinski definition) is 3. The molecule has 0 radical (unpaired) electrons. The van der Waals surface area contributed by atoms with E-state index in [1.54, 1.807) is 0 Å². The van der Waals surface area contributed by atoms with Crippen molar-refractivity contribution in [3.8, 4) is 0 Å². The number of nitrogens with one attached hydrogen (secondary N) is 1. The second-order valence-electron chi connectivity index (χ2n) is 6.81. The summed E-state index contributed by atoms with van der Waals surface area (Å²) < 4.78 is 5.37. The van der Waals surface area contributed by atoms with E-state index >= 15 is 0 Å². The predicted molar refractivity (Wildman–Crippen MR) is 87.4 cm³/mol. The molecule has 0 saturated heterocycles. The molecule has 0 aromatic heterocycles. The summed E-state index contributed by atoms with van der Waals surface area (Å²) >= 11 is 0. The lowest BCUT2D eigenvalue weighted by Crippen LogP contribution is -2.47. The second-order valence-corrected chi connectivity index (χ2v) is 6.81. The first kappa shape index (κ1) is 18.2. The third-order valence-corrected chi connectivity index (χ3v) is 3.13. The number of carbonyl (C=O) groups excluding carboxylic acids is 2. The van der Waals surface area contributed by atoms with E-state index < -0.39 is 11.6 Å². The minimum Gasteiger partial charge on any atom is -0.458 e. The van der Waals surface area contributed by atoms with Gasteiger partial charge in [0.25, 0.3) is 0 Å². The Labute approximate surface area is 133 Å². The van der Waals surface area contributed by atoms with Crippen LogP contribution in [0.4, 0.5) is 0 Å². The van der Waals surface area contributed by atoms with E-state index in [-0.39, 0.29) is 17.8 Å². The van der Waals surface area contributed by atoms with Crippen molar-refractivity contribution in [3.63, 3.8) is 0 Å². The largest absolute Gasteiger partial charge is 0.458 e. The van der Waals surface area contributed by atoms with Crippen LogP contribution in [-0.4, -0.2) is 23.5 Å². The van der Waals surface area contributed by atoms with Gasteiger partial charge in [-0.05, 0) is 38.7 Å². The van der Waals surface area contributed by atoms with Crippen LogP contribution in [0.15, 0.2) is 30.3 Å². The van der Waals surface area contributed by atoms with Crippen LogP contribution >= 0.6 is 0 Å². The van der Waals surface area contributed by atoms with Crippen molar-refractivity contribution in [2.45, 2.75) is 59.1 Å². The highest BCUT2D eigenvalue weighted by molar-refractivity contribution is 5.84. The maximum absolute atomic E-state index is 12.2. The molecular weight excluding hydrogens is 278 g/mol. The molecule has 0 fully saturated rings. The lowest BCUT2D eigenvalue weighted by atomic mass is 10.0. The Hall–Kier alpha value is -1.84. The molecule has 1 aromatic rings. The maximum atomic E-state index is 12.2. The van der Waals surface area contributed by atoms with Crippen LogP contribution in [0, 0.1) is 5.92 Å². The molecule has 0 heterocycles. The van der Waals surface area contributed by atoms with Crippen molar-refractivity contribution < 1.29 is 14.3 Å². The summed E-state index contributed by atoms with van der Waals surface area (Å²) in [5.41, 5.74) is 0.551. The van der Waals surface area contributed by atoms with Crippen molar-refractivity contribution in [1.29, 1.82) is 0 Å². The highest BCUT2D eigenvalue weighted by atomic mass is 16.6. The average Bonchev–Trinajstić information content (AvgIpc) is 2.41. The highest BCUT2D eigenvalue weighted by Crippen LogP contribution is 2.13. The Morgan fingerprint density at radius 2 is 1.73 bits per heavy atom. The first-order valence-corrected chi connectivity index (χ1v) is 7.75. The predicted octanol–water partition coefficient (Wildman–Crippen LogP) is 3.10. The Bertz CT molecular complexity index is 489. The van der Waals surface area contributed by atoms with Crippen LogP contribution in [0.3, 0.4) is 0 Å². The zero-order valence-corrected chi connectivity index (χ0v) is 14.2. The summed E-state index contributed by atoms with van der Waals surface area (Å²) in [6.07, 6.45) is 1.02. The number of carbonyl (C=O) groups is 2. The van der Waals surface area contributed by atoms with Crippen LogP contribution in [0.2, 0.25) is 0 Å². The van der Waals surface area contributed by atoms with E-state index in [9.17, 15) is 9.59 Å². The zero-order chi connectivity index (χ0) is 16.8.